The van der Waals surface area contributed by atoms with E-state index >= 15 is 0 Å². The fourth-order valence-electron chi connectivity index (χ4n) is 2.81. The topological polar surface area (TPSA) is 61.4 Å². The predicted octanol–water partition coefficient (Wildman–Crippen LogP) is 1.63. The summed E-state index contributed by atoms with van der Waals surface area (Å²) in [4.78, 5) is 2.64. The number of nitrogens with one attached hydrogen (secondary N) is 2. The Morgan fingerprint density at radius 2 is 1.90 bits per heavy atom. The fraction of sp³-hybridized carbons (Fsp3) is 0.600. The van der Waals surface area contributed by atoms with Crippen molar-refractivity contribution in [3.8, 4) is 0 Å². The molecule has 1 saturated carbocycles. The summed E-state index contributed by atoms with van der Waals surface area (Å²) in [6.45, 7) is 2.06. The molecule has 0 radical (unpaired) electrons. The Balaban J connectivity index is 1.78. The number of hydrogen-bond donors (Lipinski definition) is 2. The van der Waals surface area contributed by atoms with E-state index in [1.165, 1.54) is 0 Å². The quantitative estimate of drug-likeness (QED) is 0.868. The average Bonchev–Trinajstić information content (AvgIpc) is 3.22. The highest BCUT2D eigenvalue weighted by Crippen LogP contribution is 2.27. The molecule has 0 spiro atoms. The Kier molecular flexibility index (Phi) is 4.19. The normalized spacial score (nSPS) is 24.0. The summed E-state index contributed by atoms with van der Waals surface area (Å²) in [6, 6.07) is 7.63. The van der Waals surface area contributed by atoms with Gasteiger partial charge in [-0.1, -0.05) is 12.1 Å². The zero-order valence-electron chi connectivity index (χ0n) is 12.4. The molecule has 0 aromatic heterocycles. The first-order chi connectivity index (χ1) is 10.0. The van der Waals surface area contributed by atoms with E-state index in [9.17, 15) is 8.42 Å². The molecule has 0 amide bonds. The first-order valence-electron chi connectivity index (χ1n) is 7.61. The molecule has 116 valence electrons. The van der Waals surface area contributed by atoms with Gasteiger partial charge in [-0.3, -0.25) is 0 Å². The zero-order chi connectivity index (χ0) is 14.9. The van der Waals surface area contributed by atoms with Gasteiger partial charge >= 0.3 is 0 Å². The Morgan fingerprint density at radius 3 is 2.62 bits per heavy atom. The third-order valence-electron chi connectivity index (χ3n) is 4.06. The molecule has 21 heavy (non-hydrogen) atoms. The Bertz CT molecular complexity index is 599. The van der Waals surface area contributed by atoms with Gasteiger partial charge in [0.05, 0.1) is 5.69 Å². The van der Waals surface area contributed by atoms with Crippen LogP contribution in [0, 0.1) is 0 Å². The van der Waals surface area contributed by atoms with Crippen molar-refractivity contribution in [1.82, 2.24) is 9.62 Å². The summed E-state index contributed by atoms with van der Waals surface area (Å²) < 4.78 is 27.7. The van der Waals surface area contributed by atoms with Crippen LogP contribution in [-0.2, 0) is 10.0 Å². The maximum absolute atomic E-state index is 12.4. The molecule has 2 fully saturated rings. The van der Waals surface area contributed by atoms with E-state index in [4.69, 9.17) is 0 Å². The molecule has 1 aromatic carbocycles. The fourth-order valence-corrected chi connectivity index (χ4v) is 4.28. The summed E-state index contributed by atoms with van der Waals surface area (Å²) in [5, 5.41) is 3.42. The van der Waals surface area contributed by atoms with E-state index in [2.05, 4.69) is 22.0 Å². The van der Waals surface area contributed by atoms with Crippen molar-refractivity contribution in [1.29, 1.82) is 0 Å². The van der Waals surface area contributed by atoms with Crippen molar-refractivity contribution in [2.45, 2.75) is 42.7 Å². The number of likely N-dealkylation sites (N-methyl/N-ethyl adjacent to an activating group) is 1. The maximum atomic E-state index is 12.4. The van der Waals surface area contributed by atoms with Crippen molar-refractivity contribution < 1.29 is 8.42 Å². The lowest BCUT2D eigenvalue weighted by Crippen LogP contribution is -2.40. The molecule has 1 aliphatic heterocycles. The van der Waals surface area contributed by atoms with E-state index in [1.54, 1.807) is 12.1 Å². The number of piperidine rings is 1. The summed E-state index contributed by atoms with van der Waals surface area (Å²) in [5.41, 5.74) is 0.714. The minimum atomic E-state index is -3.42. The SMILES string of the molecule is CN1CCCC(Nc2ccccc2S(=O)(=O)NC2CC2)C1. The molecule has 1 aromatic rings. The number of likely N-dealkylation sites (tertiary alicyclic amines) is 1. The van der Waals surface area contributed by atoms with Crippen LogP contribution in [0.2, 0.25) is 0 Å². The molecule has 1 saturated heterocycles. The molecule has 5 nitrogen and oxygen atoms in total. The largest absolute Gasteiger partial charge is 0.380 e. The summed E-state index contributed by atoms with van der Waals surface area (Å²) in [7, 11) is -1.32. The third kappa shape index (κ3) is 3.75. The van der Waals surface area contributed by atoms with Gasteiger partial charge in [0.1, 0.15) is 4.90 Å². The molecule has 2 N–H and O–H groups in total. The maximum Gasteiger partial charge on any atom is 0.242 e. The number of hydrogen-bond acceptors (Lipinski definition) is 4. The molecule has 0 bridgehead atoms. The zero-order valence-corrected chi connectivity index (χ0v) is 13.2. The standard InChI is InChI=1S/C15H23N3O2S/c1-18-10-4-5-13(11-18)16-14-6-2-3-7-15(14)21(19,20)17-12-8-9-12/h2-3,6-7,12-13,16-17H,4-5,8-11H2,1H3. The van der Waals surface area contributed by atoms with Crippen molar-refractivity contribution >= 4 is 15.7 Å². The van der Waals surface area contributed by atoms with Gasteiger partial charge in [-0.15, -0.1) is 0 Å². The minimum Gasteiger partial charge on any atom is -0.380 e. The van der Waals surface area contributed by atoms with E-state index in [0.717, 1.165) is 38.8 Å². The third-order valence-corrected chi connectivity index (χ3v) is 5.64. The van der Waals surface area contributed by atoms with Gasteiger partial charge in [0, 0.05) is 18.6 Å². The second-order valence-corrected chi connectivity index (χ2v) is 7.82. The molecule has 1 unspecified atom stereocenters. The smallest absolute Gasteiger partial charge is 0.242 e. The van der Waals surface area contributed by atoms with E-state index < -0.39 is 10.0 Å². The van der Waals surface area contributed by atoms with Gasteiger partial charge in [-0.25, -0.2) is 13.1 Å². The lowest BCUT2D eigenvalue weighted by molar-refractivity contribution is 0.261. The Labute approximate surface area is 126 Å². The molecule has 6 heteroatoms. The van der Waals surface area contributed by atoms with Gasteiger partial charge in [0.25, 0.3) is 0 Å². The number of rotatable bonds is 5. The molecular formula is C15H23N3O2S. The van der Waals surface area contributed by atoms with Crippen LogP contribution in [-0.4, -0.2) is 45.5 Å². The Hall–Kier alpha value is -1.11. The van der Waals surface area contributed by atoms with Crippen molar-refractivity contribution in [3.63, 3.8) is 0 Å². The van der Waals surface area contributed by atoms with Crippen molar-refractivity contribution in [3.05, 3.63) is 24.3 Å². The van der Waals surface area contributed by atoms with Crippen LogP contribution in [0.15, 0.2) is 29.2 Å². The van der Waals surface area contributed by atoms with Crippen LogP contribution < -0.4 is 10.0 Å². The highest BCUT2D eigenvalue weighted by atomic mass is 32.2. The van der Waals surface area contributed by atoms with Crippen LogP contribution in [0.4, 0.5) is 5.69 Å². The van der Waals surface area contributed by atoms with Gasteiger partial charge in [-0.05, 0) is 51.4 Å². The summed E-state index contributed by atoms with van der Waals surface area (Å²) in [5.74, 6) is 0. The van der Waals surface area contributed by atoms with Gasteiger partial charge in [0.15, 0.2) is 0 Å². The van der Waals surface area contributed by atoms with E-state index in [0.29, 0.717) is 16.6 Å². The first kappa shape index (κ1) is 14.8. The molecule has 1 aliphatic carbocycles. The van der Waals surface area contributed by atoms with Crippen LogP contribution in [0.25, 0.3) is 0 Å². The number of anilines is 1. The lowest BCUT2D eigenvalue weighted by Gasteiger charge is -2.31. The van der Waals surface area contributed by atoms with Gasteiger partial charge in [-0.2, -0.15) is 0 Å². The highest BCUT2D eigenvalue weighted by molar-refractivity contribution is 7.89. The van der Waals surface area contributed by atoms with E-state index in [1.807, 2.05) is 12.1 Å². The van der Waals surface area contributed by atoms with Gasteiger partial charge < -0.3 is 10.2 Å². The summed E-state index contributed by atoms with van der Waals surface area (Å²) in [6.07, 6.45) is 4.11. The van der Waals surface area contributed by atoms with E-state index in [-0.39, 0.29) is 6.04 Å². The second kappa shape index (κ2) is 5.94. The minimum absolute atomic E-state index is 0.129. The van der Waals surface area contributed by atoms with Crippen LogP contribution in [0.5, 0.6) is 0 Å². The number of sulfonamides is 1. The van der Waals surface area contributed by atoms with Crippen molar-refractivity contribution in [2.24, 2.45) is 0 Å². The van der Waals surface area contributed by atoms with Crippen LogP contribution >= 0.6 is 0 Å². The molecular weight excluding hydrogens is 286 g/mol. The van der Waals surface area contributed by atoms with Crippen LogP contribution in [0.1, 0.15) is 25.7 Å². The first-order valence-corrected chi connectivity index (χ1v) is 9.09. The van der Waals surface area contributed by atoms with Crippen molar-refractivity contribution in [2.75, 3.05) is 25.5 Å². The molecule has 1 atom stereocenters. The lowest BCUT2D eigenvalue weighted by atomic mass is 10.1. The monoisotopic (exact) mass is 309 g/mol. The second-order valence-electron chi connectivity index (χ2n) is 6.14. The summed E-state index contributed by atoms with van der Waals surface area (Å²) >= 11 is 0. The molecule has 1 heterocycles. The Morgan fingerprint density at radius 1 is 1.14 bits per heavy atom. The van der Waals surface area contributed by atoms with Crippen LogP contribution in [0.3, 0.4) is 0 Å². The number of nitrogens with zero attached hydrogens (tertiary/aromatic N) is 1. The molecule has 3 rings (SSSR count). The number of para-hydroxylation sites is 1. The average molecular weight is 309 g/mol. The predicted molar refractivity (Wildman–Crippen MR) is 83.9 cm³/mol. The highest BCUT2D eigenvalue weighted by Gasteiger charge is 2.29. The number of benzene rings is 1. The van der Waals surface area contributed by atoms with Gasteiger partial charge in [0.2, 0.25) is 10.0 Å². The molecule has 2 aliphatic rings.